The fraction of sp³-hybridized carbons (Fsp3) is 0.273. The van der Waals surface area contributed by atoms with Crippen LogP contribution in [0.1, 0.15) is 26.4 Å². The van der Waals surface area contributed by atoms with Crippen molar-refractivity contribution in [3.8, 4) is 0 Å². The van der Waals surface area contributed by atoms with Crippen LogP contribution in [0, 0.1) is 0 Å². The van der Waals surface area contributed by atoms with E-state index in [9.17, 15) is 4.79 Å². The molecule has 2 aromatic carbocycles. The summed E-state index contributed by atoms with van der Waals surface area (Å²) < 4.78 is 5.38. The third kappa shape index (κ3) is 5.04. The molecule has 1 aliphatic rings. The standard InChI is InChI=1S/C22H23N3O2S/c26-21(19-8-6-18(7-9-19)16-25-10-12-27-13-11-25)24-22-23-15-20(28-22)14-17-4-2-1-3-5-17/h1-9,15H,10-14,16H2,(H,23,24,26). The van der Waals surface area contributed by atoms with Gasteiger partial charge in [-0.15, -0.1) is 11.3 Å². The first-order chi connectivity index (χ1) is 13.8. The molecule has 0 unspecified atom stereocenters. The Labute approximate surface area is 169 Å². The van der Waals surface area contributed by atoms with Crippen LogP contribution in [0.5, 0.6) is 0 Å². The van der Waals surface area contributed by atoms with Crippen molar-refractivity contribution in [1.82, 2.24) is 9.88 Å². The lowest BCUT2D eigenvalue weighted by Crippen LogP contribution is -2.35. The van der Waals surface area contributed by atoms with E-state index >= 15 is 0 Å². The highest BCUT2D eigenvalue weighted by Gasteiger charge is 2.12. The van der Waals surface area contributed by atoms with Crippen molar-refractivity contribution in [2.75, 3.05) is 31.6 Å². The minimum Gasteiger partial charge on any atom is -0.379 e. The molecular weight excluding hydrogens is 370 g/mol. The second-order valence-corrected chi connectivity index (χ2v) is 7.95. The lowest BCUT2D eigenvalue weighted by Gasteiger charge is -2.26. The Hall–Kier alpha value is -2.54. The summed E-state index contributed by atoms with van der Waals surface area (Å²) in [4.78, 5) is 20.3. The molecule has 1 fully saturated rings. The van der Waals surface area contributed by atoms with E-state index in [2.05, 4.69) is 27.3 Å². The summed E-state index contributed by atoms with van der Waals surface area (Å²) in [6, 6.07) is 18.1. The predicted molar refractivity (Wildman–Crippen MR) is 112 cm³/mol. The Morgan fingerprint density at radius 2 is 1.79 bits per heavy atom. The van der Waals surface area contributed by atoms with Gasteiger partial charge in [0.1, 0.15) is 0 Å². The number of benzene rings is 2. The molecule has 0 radical (unpaired) electrons. The molecule has 1 aliphatic heterocycles. The van der Waals surface area contributed by atoms with Crippen LogP contribution in [-0.4, -0.2) is 42.1 Å². The van der Waals surface area contributed by atoms with Crippen LogP contribution in [-0.2, 0) is 17.7 Å². The number of nitrogens with zero attached hydrogens (tertiary/aromatic N) is 2. The molecule has 0 saturated carbocycles. The minimum atomic E-state index is -0.126. The van der Waals surface area contributed by atoms with Crippen LogP contribution in [0.25, 0.3) is 0 Å². The van der Waals surface area contributed by atoms with E-state index in [4.69, 9.17) is 4.74 Å². The molecule has 1 amide bonds. The average Bonchev–Trinajstić information content (AvgIpc) is 3.17. The van der Waals surface area contributed by atoms with Crippen molar-refractivity contribution >= 4 is 22.4 Å². The topological polar surface area (TPSA) is 54.5 Å². The third-order valence-electron chi connectivity index (χ3n) is 4.72. The molecule has 5 nitrogen and oxygen atoms in total. The highest BCUT2D eigenvalue weighted by molar-refractivity contribution is 7.15. The molecule has 144 valence electrons. The largest absolute Gasteiger partial charge is 0.379 e. The molecule has 28 heavy (non-hydrogen) atoms. The number of nitrogens with one attached hydrogen (secondary N) is 1. The molecule has 3 aromatic rings. The number of hydrogen-bond donors (Lipinski definition) is 1. The van der Waals surface area contributed by atoms with Gasteiger partial charge in [-0.3, -0.25) is 15.0 Å². The van der Waals surface area contributed by atoms with Gasteiger partial charge >= 0.3 is 0 Å². The Bertz CT molecular complexity index is 903. The monoisotopic (exact) mass is 393 g/mol. The van der Waals surface area contributed by atoms with Crippen LogP contribution in [0.2, 0.25) is 0 Å². The maximum atomic E-state index is 12.5. The predicted octanol–water partition coefficient (Wildman–Crippen LogP) is 3.82. The number of carbonyl (C=O) groups is 1. The molecular formula is C22H23N3O2S. The van der Waals surface area contributed by atoms with Crippen molar-refractivity contribution in [3.05, 3.63) is 82.4 Å². The summed E-state index contributed by atoms with van der Waals surface area (Å²) in [7, 11) is 0. The maximum Gasteiger partial charge on any atom is 0.257 e. The van der Waals surface area contributed by atoms with Gasteiger partial charge < -0.3 is 4.74 Å². The number of carbonyl (C=O) groups excluding carboxylic acids is 1. The van der Waals surface area contributed by atoms with Gasteiger partial charge in [-0.2, -0.15) is 0 Å². The van der Waals surface area contributed by atoms with Gasteiger partial charge in [0.25, 0.3) is 5.91 Å². The van der Waals surface area contributed by atoms with Crippen LogP contribution < -0.4 is 5.32 Å². The van der Waals surface area contributed by atoms with Crippen molar-refractivity contribution in [2.45, 2.75) is 13.0 Å². The fourth-order valence-corrected chi connectivity index (χ4v) is 4.03. The van der Waals surface area contributed by atoms with Gasteiger partial charge in [0.05, 0.1) is 13.2 Å². The fourth-order valence-electron chi connectivity index (χ4n) is 3.19. The zero-order valence-corrected chi connectivity index (χ0v) is 16.5. The Kier molecular flexibility index (Phi) is 6.11. The van der Waals surface area contributed by atoms with Gasteiger partial charge in [-0.05, 0) is 23.3 Å². The summed E-state index contributed by atoms with van der Waals surface area (Å²) in [6.07, 6.45) is 2.66. The second kappa shape index (κ2) is 9.10. The number of aromatic nitrogens is 1. The summed E-state index contributed by atoms with van der Waals surface area (Å²) >= 11 is 1.52. The van der Waals surface area contributed by atoms with Crippen molar-refractivity contribution < 1.29 is 9.53 Å². The SMILES string of the molecule is O=C(Nc1ncc(Cc2ccccc2)s1)c1ccc(CN2CCOCC2)cc1. The molecule has 1 N–H and O–H groups in total. The van der Waals surface area contributed by atoms with Crippen LogP contribution >= 0.6 is 11.3 Å². The lowest BCUT2D eigenvalue weighted by atomic mass is 10.1. The number of rotatable bonds is 6. The molecule has 1 aromatic heterocycles. The van der Waals surface area contributed by atoms with Crippen molar-refractivity contribution in [1.29, 1.82) is 0 Å². The normalized spacial score (nSPS) is 14.7. The van der Waals surface area contributed by atoms with E-state index in [0.29, 0.717) is 10.7 Å². The van der Waals surface area contributed by atoms with Crippen LogP contribution in [0.3, 0.4) is 0 Å². The molecule has 0 aliphatic carbocycles. The molecule has 0 atom stereocenters. The number of thiazole rings is 1. The first-order valence-electron chi connectivity index (χ1n) is 9.45. The van der Waals surface area contributed by atoms with E-state index in [-0.39, 0.29) is 5.91 Å². The minimum absolute atomic E-state index is 0.126. The van der Waals surface area contributed by atoms with Gasteiger partial charge in [0.15, 0.2) is 5.13 Å². The zero-order chi connectivity index (χ0) is 19.2. The molecule has 4 rings (SSSR count). The number of ether oxygens (including phenoxy) is 1. The van der Waals surface area contributed by atoms with Gasteiger partial charge in [0, 0.05) is 42.7 Å². The van der Waals surface area contributed by atoms with Crippen LogP contribution in [0.15, 0.2) is 60.8 Å². The smallest absolute Gasteiger partial charge is 0.257 e. The summed E-state index contributed by atoms with van der Waals surface area (Å²) in [5.41, 5.74) is 3.09. The van der Waals surface area contributed by atoms with E-state index in [1.807, 2.05) is 48.7 Å². The van der Waals surface area contributed by atoms with E-state index in [0.717, 1.165) is 44.1 Å². The quantitative estimate of drug-likeness (QED) is 0.692. The average molecular weight is 394 g/mol. The maximum absolute atomic E-state index is 12.5. The number of morpholine rings is 1. The first kappa shape index (κ1) is 18.8. The van der Waals surface area contributed by atoms with Gasteiger partial charge in [0.2, 0.25) is 0 Å². The second-order valence-electron chi connectivity index (χ2n) is 6.83. The lowest BCUT2D eigenvalue weighted by molar-refractivity contribution is 0.0342. The molecule has 2 heterocycles. The van der Waals surface area contributed by atoms with Crippen molar-refractivity contribution in [3.63, 3.8) is 0 Å². The highest BCUT2D eigenvalue weighted by Crippen LogP contribution is 2.22. The molecule has 0 bridgehead atoms. The van der Waals surface area contributed by atoms with Gasteiger partial charge in [-0.1, -0.05) is 42.5 Å². The van der Waals surface area contributed by atoms with Gasteiger partial charge in [-0.25, -0.2) is 4.98 Å². The molecule has 0 spiro atoms. The Balaban J connectivity index is 1.33. The zero-order valence-electron chi connectivity index (χ0n) is 15.6. The third-order valence-corrected chi connectivity index (χ3v) is 5.63. The number of amides is 1. The number of anilines is 1. The Morgan fingerprint density at radius 1 is 1.04 bits per heavy atom. The first-order valence-corrected chi connectivity index (χ1v) is 10.3. The molecule has 1 saturated heterocycles. The van der Waals surface area contributed by atoms with Crippen LogP contribution in [0.4, 0.5) is 5.13 Å². The van der Waals surface area contributed by atoms with E-state index < -0.39 is 0 Å². The summed E-state index contributed by atoms with van der Waals surface area (Å²) in [5, 5.41) is 3.54. The summed E-state index contributed by atoms with van der Waals surface area (Å²) in [6.45, 7) is 4.39. The van der Waals surface area contributed by atoms with E-state index in [1.54, 1.807) is 0 Å². The van der Waals surface area contributed by atoms with Crippen molar-refractivity contribution in [2.24, 2.45) is 0 Å². The highest BCUT2D eigenvalue weighted by atomic mass is 32.1. The number of hydrogen-bond acceptors (Lipinski definition) is 5. The Morgan fingerprint density at radius 3 is 2.54 bits per heavy atom. The molecule has 6 heteroatoms. The summed E-state index contributed by atoms with van der Waals surface area (Å²) in [5.74, 6) is -0.126. The van der Waals surface area contributed by atoms with E-state index in [1.165, 1.54) is 22.5 Å².